The van der Waals surface area contributed by atoms with Gasteiger partial charge in [0.25, 0.3) is 0 Å². The maximum absolute atomic E-state index is 2.61. The minimum Gasteiger partial charge on any atom is -0.224 e. The molecule has 0 amide bonds. The van der Waals surface area contributed by atoms with Gasteiger partial charge >= 0.3 is 0 Å². The Kier molecular flexibility index (Phi) is 16.8. The molecule has 0 saturated carbocycles. The Bertz CT molecular complexity index is 653. The standard InChI is InChI=1S/2C9H27Si4.C7H13N2.Ge/c2*1-11(2,3)10(12(4,5)6)13(7,8)9;1-6-7(2)9(4)5-8(6)3;/h2*1-9H3;5H,1-4H3;/q;;+1;. The number of imidazole rings is 1. The van der Waals surface area contributed by atoms with Crippen molar-refractivity contribution < 1.29 is 0 Å². The SMILES string of the molecule is C[Si](C)(C)[Si]([Si](C)(C)C)[Si](C)(C)C.C[Si](C)(C)[Si]([Si](C)(C)C)[Si](C)(C)C.Cc1c(C)n(C)[cH+]n1C.[Ge]. The van der Waals surface area contributed by atoms with Crippen molar-refractivity contribution in [2.75, 3.05) is 0 Å². The minimum absolute atomic E-state index is 0. The summed E-state index contributed by atoms with van der Waals surface area (Å²) in [5, 5.41) is 0. The third kappa shape index (κ3) is 14.8. The molecule has 1 aromatic heterocycles. The fraction of sp³-hybridized carbons (Fsp3) is 0.880. The number of hydrogen-bond donors (Lipinski definition) is 0. The van der Waals surface area contributed by atoms with Crippen LogP contribution in [0.3, 0.4) is 0 Å². The van der Waals surface area contributed by atoms with E-state index in [1.54, 1.807) is 0 Å². The van der Waals surface area contributed by atoms with Crippen molar-refractivity contribution in [2.24, 2.45) is 14.1 Å². The van der Waals surface area contributed by atoms with Crippen molar-refractivity contribution in [3.63, 3.8) is 0 Å². The van der Waals surface area contributed by atoms with Gasteiger partial charge in [0.1, 0.15) is 0 Å². The first-order chi connectivity index (χ1) is 14.9. The van der Waals surface area contributed by atoms with E-state index in [2.05, 4.69) is 161 Å². The number of aryl methyl sites for hydroxylation is 2. The van der Waals surface area contributed by atoms with E-state index in [0.29, 0.717) is 0 Å². The zero-order chi connectivity index (χ0) is 29.2. The monoisotopic (exact) mass is 693 g/mol. The second-order valence-corrected chi connectivity index (χ2v) is 90.3. The third-order valence-corrected chi connectivity index (χ3v) is 123. The fourth-order valence-electron chi connectivity index (χ4n) is 7.69. The molecule has 0 aromatic carbocycles. The number of aromatic nitrogens is 2. The molecule has 0 saturated heterocycles. The van der Waals surface area contributed by atoms with Gasteiger partial charge in [-0.1, -0.05) is 118 Å². The van der Waals surface area contributed by atoms with E-state index < -0.39 is 45.5 Å². The van der Waals surface area contributed by atoms with Crippen LogP contribution < -0.4 is 0 Å². The van der Waals surface area contributed by atoms with Gasteiger partial charge in [-0.2, -0.15) is 0 Å². The molecule has 0 aliphatic carbocycles. The number of rotatable bonds is 6. The molecule has 212 valence electrons. The Labute approximate surface area is 248 Å². The Morgan fingerprint density at radius 2 is 0.556 bits per heavy atom. The number of hydrogen-bond acceptors (Lipinski definition) is 0. The van der Waals surface area contributed by atoms with Crippen molar-refractivity contribution in [1.82, 2.24) is 9.13 Å². The molecule has 1 rings (SSSR count). The van der Waals surface area contributed by atoms with Gasteiger partial charge < -0.3 is 0 Å². The van der Waals surface area contributed by atoms with E-state index in [-0.39, 0.29) is 32.3 Å². The van der Waals surface area contributed by atoms with E-state index in [1.807, 2.05) is 0 Å². The van der Waals surface area contributed by atoms with Crippen molar-refractivity contribution in [3.05, 3.63) is 17.7 Å². The van der Waals surface area contributed by atoms with E-state index in [1.165, 1.54) is 11.4 Å². The second kappa shape index (κ2) is 14.4. The zero-order valence-electron chi connectivity index (χ0n) is 29.0. The molecule has 0 N–H and O–H groups in total. The van der Waals surface area contributed by atoms with Crippen molar-refractivity contribution in [2.45, 2.75) is 132 Å². The molecule has 0 fully saturated rings. The minimum atomic E-state index is -0.832. The number of nitrogens with zero attached hydrogens (tertiary/aromatic N) is 2. The summed E-state index contributed by atoms with van der Waals surface area (Å²) in [5.74, 6) is 0. The summed E-state index contributed by atoms with van der Waals surface area (Å²) in [5.41, 5.74) is 2.66. The van der Waals surface area contributed by atoms with E-state index in [0.717, 1.165) is 0 Å². The van der Waals surface area contributed by atoms with Crippen LogP contribution in [0, 0.1) is 13.8 Å². The molecule has 0 bridgehead atoms. The molecular weight excluding hydrogens is 626 g/mol. The fourth-order valence-corrected chi connectivity index (χ4v) is 183. The summed E-state index contributed by atoms with van der Waals surface area (Å²) in [6, 6.07) is 0. The van der Waals surface area contributed by atoms with Crippen molar-refractivity contribution >= 4 is 77.8 Å². The van der Waals surface area contributed by atoms with Crippen LogP contribution in [0.1, 0.15) is 11.4 Å². The molecule has 0 unspecified atom stereocenters. The molecule has 0 aliphatic heterocycles. The van der Waals surface area contributed by atoms with Crippen LogP contribution in [-0.4, -0.2) is 87.0 Å². The smallest absolute Gasteiger partial charge is 0.177 e. The summed E-state index contributed by atoms with van der Waals surface area (Å²) in [6.45, 7) is 51.2. The molecule has 2 nitrogen and oxygen atoms in total. The summed E-state index contributed by atoms with van der Waals surface area (Å²) in [4.78, 5) is 0. The van der Waals surface area contributed by atoms with Gasteiger partial charge in [0.15, 0.2) is 17.7 Å². The first-order valence-corrected chi connectivity index (χ1v) is 43.6. The van der Waals surface area contributed by atoms with Crippen LogP contribution in [0.5, 0.6) is 0 Å². The molecule has 1 heterocycles. The van der Waals surface area contributed by atoms with Crippen LogP contribution in [0.25, 0.3) is 0 Å². The summed E-state index contributed by atoms with van der Waals surface area (Å²) >= 11 is 0. The van der Waals surface area contributed by atoms with Gasteiger partial charge in [0.2, 0.25) is 0 Å². The molecule has 0 atom stereocenters. The largest absolute Gasteiger partial charge is 0.224 e. The van der Waals surface area contributed by atoms with E-state index in [9.17, 15) is 0 Å². The average molecular weight is 693 g/mol. The average Bonchev–Trinajstić information content (AvgIpc) is 2.64. The zero-order valence-corrected chi connectivity index (χ0v) is 39.1. The molecule has 1 aromatic rings. The van der Waals surface area contributed by atoms with Crippen LogP contribution in [0.2, 0.25) is 118 Å². The maximum Gasteiger partial charge on any atom is 0.177 e. The molecule has 6 radical (unpaired) electrons. The second-order valence-electron chi connectivity index (χ2n) is 16.8. The summed E-state index contributed by atoms with van der Waals surface area (Å²) in [7, 11) is -0.826. The Morgan fingerprint density at radius 1 is 0.417 bits per heavy atom. The predicted octanol–water partition coefficient (Wildman–Crippen LogP) is 8.34. The molecule has 36 heavy (non-hydrogen) atoms. The topological polar surface area (TPSA) is 9.86 Å². The molecule has 0 aliphatic rings. The summed E-state index contributed by atoms with van der Waals surface area (Å²) < 4.78 is 4.24. The predicted molar refractivity (Wildman–Crippen MR) is 196 cm³/mol. The molecule has 11 heteroatoms. The third-order valence-electron chi connectivity index (χ3n) is 6.43. The van der Waals surface area contributed by atoms with E-state index >= 15 is 0 Å². The van der Waals surface area contributed by atoms with Crippen LogP contribution in [0.15, 0.2) is 6.33 Å². The van der Waals surface area contributed by atoms with Gasteiger partial charge in [-0.15, -0.1) is 0 Å². The van der Waals surface area contributed by atoms with Crippen molar-refractivity contribution in [3.8, 4) is 0 Å². The van der Waals surface area contributed by atoms with Gasteiger partial charge in [-0.05, 0) is 0 Å². The van der Waals surface area contributed by atoms with Crippen molar-refractivity contribution in [1.29, 1.82) is 0 Å². The normalized spacial score (nSPS) is 13.6. The van der Waals surface area contributed by atoms with Crippen LogP contribution >= 0.6 is 0 Å². The first kappa shape index (κ1) is 42.0. The Hall–Kier alpha value is 1.49. The Balaban J connectivity index is -0.000000454. The first-order valence-electron chi connectivity index (χ1n) is 13.6. The van der Waals surface area contributed by atoms with Gasteiger partial charge in [-0.3, -0.25) is 0 Å². The van der Waals surface area contributed by atoms with E-state index in [4.69, 9.17) is 0 Å². The van der Waals surface area contributed by atoms with Gasteiger partial charge in [-0.25, -0.2) is 9.13 Å². The van der Waals surface area contributed by atoms with Crippen LogP contribution in [-0.2, 0) is 14.1 Å². The molecular formula is C25H67GeN2Si8+. The van der Waals surface area contributed by atoms with Gasteiger partial charge in [0, 0.05) is 106 Å². The van der Waals surface area contributed by atoms with Crippen LogP contribution in [0.4, 0.5) is 0 Å². The molecule has 0 spiro atoms. The van der Waals surface area contributed by atoms with Gasteiger partial charge in [0.05, 0.1) is 0 Å². The Morgan fingerprint density at radius 3 is 0.583 bits per heavy atom. The summed E-state index contributed by atoms with van der Waals surface area (Å²) in [6.07, 6.45) is 2.07. The quantitative estimate of drug-likeness (QED) is 0.210. The maximum atomic E-state index is 2.61.